The molecule has 0 fully saturated rings. The summed E-state index contributed by atoms with van der Waals surface area (Å²) in [4.78, 5) is 20.6. The predicted molar refractivity (Wildman–Crippen MR) is 108 cm³/mol. The van der Waals surface area contributed by atoms with Crippen molar-refractivity contribution in [1.29, 1.82) is 0 Å². The van der Waals surface area contributed by atoms with Gasteiger partial charge in [-0.05, 0) is 18.9 Å². The second-order valence-electron chi connectivity index (χ2n) is 6.29. The van der Waals surface area contributed by atoms with Crippen LogP contribution in [-0.2, 0) is 20.6 Å². The average Bonchev–Trinajstić information content (AvgIpc) is 3.27. The van der Waals surface area contributed by atoms with Gasteiger partial charge in [0.2, 0.25) is 5.69 Å². The molecule has 0 aliphatic rings. The molecule has 8 nitrogen and oxygen atoms in total. The first-order valence-corrected chi connectivity index (χ1v) is 9.15. The number of benzene rings is 1. The molecule has 1 N–H and O–H groups in total. The number of hydrogen-bond acceptors (Lipinski definition) is 5. The van der Waals surface area contributed by atoms with E-state index < -0.39 is 5.97 Å². The molecule has 0 amide bonds. The molecule has 0 unspecified atom stereocenters. The van der Waals surface area contributed by atoms with Crippen LogP contribution >= 0.6 is 0 Å². The van der Waals surface area contributed by atoms with Gasteiger partial charge in [0.15, 0.2) is 18.3 Å². The lowest BCUT2D eigenvalue weighted by molar-refractivity contribution is -0.0387. The fraction of sp³-hybridized carbons (Fsp3) is 0.286. The number of carbonyl (C=O) groups excluding carboxylic acids is 1. The smallest absolute Gasteiger partial charge is 0.331 e. The summed E-state index contributed by atoms with van der Waals surface area (Å²) in [5.74, 6) is 0.548. The van der Waals surface area contributed by atoms with Crippen molar-refractivity contribution >= 4 is 17.3 Å². The molecule has 2 heterocycles. The van der Waals surface area contributed by atoms with Gasteiger partial charge in [-0.15, -0.1) is 0 Å². The normalized spacial score (nSPS) is 10.7. The van der Waals surface area contributed by atoms with E-state index in [1.165, 1.54) is 0 Å². The average molecular weight is 394 g/mol. The number of aryl methyl sites for hydroxylation is 1. The Hall–Kier alpha value is -3.57. The van der Waals surface area contributed by atoms with Crippen molar-refractivity contribution in [3.8, 4) is 11.4 Å². The molecule has 0 bridgehead atoms. The van der Waals surface area contributed by atoms with E-state index in [0.29, 0.717) is 17.2 Å². The van der Waals surface area contributed by atoms with Crippen molar-refractivity contribution in [3.05, 3.63) is 65.3 Å². The number of hydrogen-bond donors (Lipinski definition) is 1. The van der Waals surface area contributed by atoms with E-state index in [2.05, 4.69) is 28.4 Å². The van der Waals surface area contributed by atoms with Gasteiger partial charge in [-0.25, -0.2) is 14.6 Å². The highest BCUT2D eigenvalue weighted by atomic mass is 16.7. The molecule has 3 rings (SSSR count). The van der Waals surface area contributed by atoms with Crippen LogP contribution in [0.4, 0.5) is 5.69 Å². The summed E-state index contributed by atoms with van der Waals surface area (Å²) in [6.07, 6.45) is 2.39. The van der Waals surface area contributed by atoms with Crippen molar-refractivity contribution in [2.24, 2.45) is 0 Å². The van der Waals surface area contributed by atoms with Crippen LogP contribution < -0.4 is 0 Å². The van der Waals surface area contributed by atoms with Crippen molar-refractivity contribution in [1.82, 2.24) is 14.6 Å². The van der Waals surface area contributed by atoms with Crippen LogP contribution in [0.2, 0.25) is 0 Å². The molecular formula is C21H22N4O4. The van der Waals surface area contributed by atoms with Gasteiger partial charge in [0, 0.05) is 11.8 Å². The highest BCUT2D eigenvalue weighted by molar-refractivity contribution is 6.02. The van der Waals surface area contributed by atoms with Gasteiger partial charge in [0.05, 0.1) is 18.9 Å². The molecule has 0 saturated carbocycles. The van der Waals surface area contributed by atoms with Gasteiger partial charge in [-0.3, -0.25) is 9.61 Å². The Kier molecular flexibility index (Phi) is 6.32. The van der Waals surface area contributed by atoms with Crippen LogP contribution in [0.25, 0.3) is 21.9 Å². The first kappa shape index (κ1) is 20.2. The molecule has 1 aromatic carbocycles. The molecule has 0 atom stereocenters. The Morgan fingerprint density at radius 2 is 2.10 bits per heavy atom. The van der Waals surface area contributed by atoms with Crippen LogP contribution in [0.3, 0.4) is 0 Å². The molecular weight excluding hydrogens is 372 g/mol. The highest BCUT2D eigenvalue weighted by Gasteiger charge is 2.23. The number of nitrogens with one attached hydrogen (secondary N) is 1. The van der Waals surface area contributed by atoms with E-state index in [1.54, 1.807) is 17.6 Å². The number of allylic oxidation sites excluding steroid dienone is 1. The molecule has 8 heteroatoms. The molecule has 0 spiro atoms. The van der Waals surface area contributed by atoms with Crippen LogP contribution in [0, 0.1) is 6.57 Å². The topological polar surface area (TPSA) is 82.2 Å². The van der Waals surface area contributed by atoms with Gasteiger partial charge < -0.3 is 14.2 Å². The fourth-order valence-corrected chi connectivity index (χ4v) is 2.85. The first-order valence-electron chi connectivity index (χ1n) is 9.15. The monoisotopic (exact) mass is 394 g/mol. The maximum Gasteiger partial charge on any atom is 0.331 e. The maximum atomic E-state index is 12.6. The van der Waals surface area contributed by atoms with E-state index in [0.717, 1.165) is 17.5 Å². The largest absolute Gasteiger partial charge is 0.473 e. The number of H-pyrrole nitrogens is 1. The number of fused-ring (bicyclic) bond motifs is 1. The summed E-state index contributed by atoms with van der Waals surface area (Å²) in [5, 5.41) is 3.14. The van der Waals surface area contributed by atoms with E-state index in [-0.39, 0.29) is 31.3 Å². The molecule has 2 aromatic heterocycles. The summed E-state index contributed by atoms with van der Waals surface area (Å²) in [6, 6.07) is 7.91. The van der Waals surface area contributed by atoms with Crippen molar-refractivity contribution in [2.45, 2.75) is 20.3 Å². The Bertz CT molecular complexity index is 1070. The highest BCUT2D eigenvalue weighted by Crippen LogP contribution is 2.29. The minimum absolute atomic E-state index is 0.0309. The third-order valence-electron chi connectivity index (χ3n) is 4.23. The Labute approximate surface area is 168 Å². The van der Waals surface area contributed by atoms with Crippen molar-refractivity contribution < 1.29 is 19.0 Å². The summed E-state index contributed by atoms with van der Waals surface area (Å²) >= 11 is 0. The standard InChI is InChI=1S/C21H22N4O4/c1-5-15-8-6-7-9-16(15)19-23-20-18(17(22-4)12-25(20)24-19)21(26)28-11-10-27-13-29-14(2)3/h6-9,12H,2,5,10-11,13H2,1,3H3,(H,23,24). The second kappa shape index (κ2) is 9.08. The fourth-order valence-electron chi connectivity index (χ4n) is 2.85. The SMILES string of the molecule is [C-]#[N+]c1cn2[nH]c(-c3ccccc3CC)nc2c1C(=O)OCCOCOC(=C)C. The number of esters is 1. The van der Waals surface area contributed by atoms with E-state index in [1.807, 2.05) is 24.3 Å². The molecule has 29 heavy (non-hydrogen) atoms. The first-order chi connectivity index (χ1) is 14.0. The molecule has 3 aromatic rings. The number of nitrogens with zero attached hydrogens (tertiary/aromatic N) is 3. The zero-order valence-corrected chi connectivity index (χ0v) is 16.4. The lowest BCUT2D eigenvalue weighted by Crippen LogP contribution is -2.12. The zero-order valence-electron chi connectivity index (χ0n) is 16.4. The summed E-state index contributed by atoms with van der Waals surface area (Å²) in [6.45, 7) is 15.0. The minimum atomic E-state index is -0.621. The van der Waals surface area contributed by atoms with Crippen LogP contribution in [0.1, 0.15) is 29.8 Å². The maximum absolute atomic E-state index is 12.6. The van der Waals surface area contributed by atoms with Crippen molar-refractivity contribution in [3.63, 3.8) is 0 Å². The summed E-state index contributed by atoms with van der Waals surface area (Å²) < 4.78 is 17.1. The third-order valence-corrected chi connectivity index (χ3v) is 4.23. The predicted octanol–water partition coefficient (Wildman–Crippen LogP) is 4.12. The van der Waals surface area contributed by atoms with Gasteiger partial charge in [-0.2, -0.15) is 0 Å². The quantitative estimate of drug-likeness (QED) is 0.194. The molecule has 0 aliphatic heterocycles. The zero-order chi connectivity index (χ0) is 20.8. The second-order valence-corrected chi connectivity index (χ2v) is 6.29. The summed E-state index contributed by atoms with van der Waals surface area (Å²) in [7, 11) is 0. The van der Waals surface area contributed by atoms with Crippen molar-refractivity contribution in [2.75, 3.05) is 20.0 Å². The van der Waals surface area contributed by atoms with Gasteiger partial charge in [-0.1, -0.05) is 37.8 Å². The summed E-state index contributed by atoms with van der Waals surface area (Å²) in [5.41, 5.74) is 2.75. The van der Waals surface area contributed by atoms with Gasteiger partial charge >= 0.3 is 5.97 Å². The molecule has 0 radical (unpaired) electrons. The third kappa shape index (κ3) is 4.47. The molecule has 0 aliphatic carbocycles. The molecule has 150 valence electrons. The van der Waals surface area contributed by atoms with E-state index >= 15 is 0 Å². The Balaban J connectivity index is 1.78. The van der Waals surface area contributed by atoms with Gasteiger partial charge in [0.1, 0.15) is 12.2 Å². The van der Waals surface area contributed by atoms with E-state index in [4.69, 9.17) is 20.8 Å². The van der Waals surface area contributed by atoms with Gasteiger partial charge in [0.25, 0.3) is 0 Å². The lowest BCUT2D eigenvalue weighted by Gasteiger charge is -2.07. The molecule has 0 saturated heterocycles. The lowest BCUT2D eigenvalue weighted by atomic mass is 10.1. The number of aromatic nitrogens is 3. The number of carbonyl (C=O) groups is 1. The number of ether oxygens (including phenoxy) is 3. The number of rotatable bonds is 9. The van der Waals surface area contributed by atoms with Crippen LogP contribution in [0.15, 0.2) is 42.8 Å². The van der Waals surface area contributed by atoms with Crippen LogP contribution in [-0.4, -0.2) is 40.6 Å². The minimum Gasteiger partial charge on any atom is -0.473 e. The van der Waals surface area contributed by atoms with E-state index in [9.17, 15) is 4.79 Å². The van der Waals surface area contributed by atoms with Crippen LogP contribution in [0.5, 0.6) is 0 Å². The number of aromatic amines is 1. The Morgan fingerprint density at radius 1 is 1.31 bits per heavy atom. The Morgan fingerprint density at radius 3 is 2.83 bits per heavy atom.